The fourth-order valence-corrected chi connectivity index (χ4v) is 2.12. The van der Waals surface area contributed by atoms with Crippen LogP contribution in [0.25, 0.3) is 0 Å². The van der Waals surface area contributed by atoms with Crippen molar-refractivity contribution in [2.75, 3.05) is 18.2 Å². The third-order valence-corrected chi connectivity index (χ3v) is 3.25. The van der Waals surface area contributed by atoms with Gasteiger partial charge >= 0.3 is 5.97 Å². The number of aryl methyl sites for hydroxylation is 1. The van der Waals surface area contributed by atoms with E-state index in [0.29, 0.717) is 11.3 Å². The van der Waals surface area contributed by atoms with Crippen LogP contribution in [-0.4, -0.2) is 19.1 Å². The maximum absolute atomic E-state index is 11.8. The lowest BCUT2D eigenvalue weighted by molar-refractivity contribution is 0.0602. The highest BCUT2D eigenvalue weighted by Gasteiger charge is 2.14. The summed E-state index contributed by atoms with van der Waals surface area (Å²) in [5.74, 6) is 0.553. The molecule has 21 heavy (non-hydrogen) atoms. The highest BCUT2D eigenvalue weighted by atomic mass is 16.5. The Balaban J connectivity index is 2.02. The molecule has 112 valence electrons. The highest BCUT2D eigenvalue weighted by Crippen LogP contribution is 2.21. The van der Waals surface area contributed by atoms with Crippen molar-refractivity contribution in [3.05, 3.63) is 47.9 Å². The molecule has 0 radical (unpaired) electrons. The smallest absolute Gasteiger partial charge is 0.340 e. The number of esters is 1. The molecule has 0 spiro atoms. The second-order valence-electron chi connectivity index (χ2n) is 4.96. The predicted molar refractivity (Wildman–Crippen MR) is 82.3 cm³/mol. The number of furan rings is 1. The number of methoxy groups -OCH3 is 1. The van der Waals surface area contributed by atoms with Crippen molar-refractivity contribution < 1.29 is 13.9 Å². The van der Waals surface area contributed by atoms with E-state index in [9.17, 15) is 4.79 Å². The summed E-state index contributed by atoms with van der Waals surface area (Å²) in [6, 6.07) is 9.19. The molecule has 5 nitrogen and oxygen atoms in total. The van der Waals surface area contributed by atoms with Gasteiger partial charge in [0, 0.05) is 23.8 Å². The molecule has 1 heterocycles. The summed E-state index contributed by atoms with van der Waals surface area (Å²) in [5, 5.41) is 3.32. The van der Waals surface area contributed by atoms with Crippen molar-refractivity contribution >= 4 is 17.3 Å². The Morgan fingerprint density at radius 3 is 2.90 bits per heavy atom. The molecule has 3 N–H and O–H groups in total. The second-order valence-corrected chi connectivity index (χ2v) is 4.96. The summed E-state index contributed by atoms with van der Waals surface area (Å²) < 4.78 is 10.1. The van der Waals surface area contributed by atoms with Gasteiger partial charge in [-0.3, -0.25) is 0 Å². The Morgan fingerprint density at radius 2 is 2.24 bits per heavy atom. The minimum Gasteiger partial charge on any atom is -0.469 e. The van der Waals surface area contributed by atoms with E-state index in [-0.39, 0.29) is 6.04 Å². The van der Waals surface area contributed by atoms with Gasteiger partial charge in [-0.1, -0.05) is 0 Å². The van der Waals surface area contributed by atoms with Gasteiger partial charge in [-0.2, -0.15) is 0 Å². The number of carbonyl (C=O) groups excluding carboxylic acids is 1. The van der Waals surface area contributed by atoms with Gasteiger partial charge in [-0.05, 0) is 43.7 Å². The summed E-state index contributed by atoms with van der Waals surface area (Å²) in [7, 11) is 1.36. The molecular formula is C16H20N2O3. The molecule has 0 aliphatic carbocycles. The Hall–Kier alpha value is -2.43. The second kappa shape index (κ2) is 6.83. The average molecular weight is 288 g/mol. The van der Waals surface area contributed by atoms with Crippen LogP contribution in [-0.2, 0) is 11.2 Å². The Kier molecular flexibility index (Phi) is 4.87. The summed E-state index contributed by atoms with van der Waals surface area (Å²) in [4.78, 5) is 11.8. The first kappa shape index (κ1) is 15.0. The molecule has 0 fully saturated rings. The molecule has 2 aromatic rings. The van der Waals surface area contributed by atoms with Crippen molar-refractivity contribution in [2.45, 2.75) is 25.8 Å². The van der Waals surface area contributed by atoms with E-state index in [1.54, 1.807) is 24.5 Å². The SMILES string of the molecule is COC(=O)c1cc(N)ccc1NC(C)CCc1ccco1. The number of hydrogen-bond acceptors (Lipinski definition) is 5. The molecule has 0 amide bonds. The normalized spacial score (nSPS) is 11.9. The molecule has 0 saturated heterocycles. The number of nitrogen functional groups attached to an aromatic ring is 1. The van der Waals surface area contributed by atoms with E-state index < -0.39 is 5.97 Å². The van der Waals surface area contributed by atoms with Crippen molar-refractivity contribution in [3.63, 3.8) is 0 Å². The minimum atomic E-state index is -0.400. The number of benzene rings is 1. The molecule has 2 rings (SSSR count). The molecule has 1 unspecified atom stereocenters. The molecule has 1 aromatic carbocycles. The topological polar surface area (TPSA) is 77.5 Å². The van der Waals surface area contributed by atoms with Crippen LogP contribution in [0.2, 0.25) is 0 Å². The number of hydrogen-bond donors (Lipinski definition) is 2. The Morgan fingerprint density at radius 1 is 1.43 bits per heavy atom. The van der Waals surface area contributed by atoms with Crippen LogP contribution < -0.4 is 11.1 Å². The van der Waals surface area contributed by atoms with E-state index in [1.165, 1.54) is 7.11 Å². The zero-order valence-electron chi connectivity index (χ0n) is 12.3. The zero-order chi connectivity index (χ0) is 15.2. The van der Waals surface area contributed by atoms with Crippen LogP contribution in [0.1, 0.15) is 29.5 Å². The van der Waals surface area contributed by atoms with Crippen LogP contribution >= 0.6 is 0 Å². The number of carbonyl (C=O) groups is 1. The largest absolute Gasteiger partial charge is 0.469 e. The first-order valence-corrected chi connectivity index (χ1v) is 6.87. The van der Waals surface area contributed by atoms with Crippen LogP contribution in [0.4, 0.5) is 11.4 Å². The van der Waals surface area contributed by atoms with Crippen molar-refractivity contribution in [2.24, 2.45) is 0 Å². The fraction of sp³-hybridized carbons (Fsp3) is 0.312. The molecule has 1 atom stereocenters. The van der Waals surface area contributed by atoms with Gasteiger partial charge < -0.3 is 20.2 Å². The summed E-state index contributed by atoms with van der Waals surface area (Å²) in [6.45, 7) is 2.06. The van der Waals surface area contributed by atoms with Gasteiger partial charge in [0.1, 0.15) is 5.76 Å². The van der Waals surface area contributed by atoms with Crippen molar-refractivity contribution in [3.8, 4) is 0 Å². The number of nitrogens with one attached hydrogen (secondary N) is 1. The summed E-state index contributed by atoms with van der Waals surface area (Å²) in [6.07, 6.45) is 3.39. The lowest BCUT2D eigenvalue weighted by Crippen LogP contribution is -2.18. The van der Waals surface area contributed by atoms with Crippen LogP contribution in [0.15, 0.2) is 41.0 Å². The summed E-state index contributed by atoms with van der Waals surface area (Å²) >= 11 is 0. The third-order valence-electron chi connectivity index (χ3n) is 3.25. The highest BCUT2D eigenvalue weighted by molar-refractivity contribution is 5.96. The molecule has 0 bridgehead atoms. The summed E-state index contributed by atoms with van der Waals surface area (Å²) in [5.41, 5.74) is 7.43. The molecule has 0 aliphatic heterocycles. The van der Waals surface area contributed by atoms with E-state index in [1.807, 2.05) is 12.1 Å². The van der Waals surface area contributed by atoms with E-state index in [0.717, 1.165) is 24.3 Å². The van der Waals surface area contributed by atoms with E-state index in [2.05, 4.69) is 12.2 Å². The fourth-order valence-electron chi connectivity index (χ4n) is 2.12. The van der Waals surface area contributed by atoms with Gasteiger partial charge in [-0.25, -0.2) is 4.79 Å². The number of anilines is 2. The van der Waals surface area contributed by atoms with E-state index in [4.69, 9.17) is 14.9 Å². The van der Waals surface area contributed by atoms with Gasteiger partial charge in [-0.15, -0.1) is 0 Å². The maximum atomic E-state index is 11.8. The van der Waals surface area contributed by atoms with Crippen molar-refractivity contribution in [1.82, 2.24) is 0 Å². The molecule has 0 aliphatic rings. The zero-order valence-corrected chi connectivity index (χ0v) is 12.3. The number of rotatable bonds is 6. The van der Waals surface area contributed by atoms with Crippen LogP contribution in [0.3, 0.4) is 0 Å². The third kappa shape index (κ3) is 4.02. The maximum Gasteiger partial charge on any atom is 0.340 e. The lowest BCUT2D eigenvalue weighted by atomic mass is 10.1. The predicted octanol–water partition coefficient (Wildman–Crippen LogP) is 3.08. The van der Waals surface area contributed by atoms with E-state index >= 15 is 0 Å². The van der Waals surface area contributed by atoms with Crippen LogP contribution in [0.5, 0.6) is 0 Å². The Labute approximate surface area is 124 Å². The number of nitrogens with two attached hydrogens (primary N) is 1. The van der Waals surface area contributed by atoms with Gasteiger partial charge in [0.15, 0.2) is 0 Å². The average Bonchev–Trinajstić information content (AvgIpc) is 2.99. The monoisotopic (exact) mass is 288 g/mol. The molecular weight excluding hydrogens is 268 g/mol. The Bertz CT molecular complexity index is 594. The van der Waals surface area contributed by atoms with Crippen LogP contribution in [0, 0.1) is 0 Å². The minimum absolute atomic E-state index is 0.183. The molecule has 1 aromatic heterocycles. The van der Waals surface area contributed by atoms with Gasteiger partial charge in [0.2, 0.25) is 0 Å². The van der Waals surface area contributed by atoms with Gasteiger partial charge in [0.05, 0.1) is 18.9 Å². The lowest BCUT2D eigenvalue weighted by Gasteiger charge is -2.17. The molecule has 5 heteroatoms. The first-order valence-electron chi connectivity index (χ1n) is 6.87. The van der Waals surface area contributed by atoms with Gasteiger partial charge in [0.25, 0.3) is 0 Å². The van der Waals surface area contributed by atoms with Crippen molar-refractivity contribution in [1.29, 1.82) is 0 Å². The molecule has 0 saturated carbocycles. The number of ether oxygens (including phenoxy) is 1. The standard InChI is InChI=1S/C16H20N2O3/c1-11(5-7-13-4-3-9-21-13)18-15-8-6-12(17)10-14(15)16(19)20-2/h3-4,6,8-11,18H,5,7,17H2,1-2H3. The first-order chi connectivity index (χ1) is 10.1. The quantitative estimate of drug-likeness (QED) is 0.631.